The van der Waals surface area contributed by atoms with Gasteiger partial charge in [-0.3, -0.25) is 0 Å². The highest BCUT2D eigenvalue weighted by atomic mass is 14.5. The number of nitriles is 1. The molecule has 1 nitrogen and oxygen atoms in total. The largest absolute Gasteiger partial charge is 0.198 e. The summed E-state index contributed by atoms with van der Waals surface area (Å²) in [6, 6.07) is 2.54. The van der Waals surface area contributed by atoms with E-state index in [1.54, 1.807) is 0 Å². The first kappa shape index (κ1) is 14.4. The summed E-state index contributed by atoms with van der Waals surface area (Å²) in [6.45, 7) is 2.32. The highest BCUT2D eigenvalue weighted by Gasteiger charge is 2.44. The molecule has 0 spiro atoms. The van der Waals surface area contributed by atoms with Crippen LogP contribution in [0.5, 0.6) is 0 Å². The Morgan fingerprint density at radius 2 is 1.60 bits per heavy atom. The first-order chi connectivity index (χ1) is 9.81. The predicted molar refractivity (Wildman–Crippen MR) is 83.0 cm³/mol. The molecule has 0 saturated heterocycles. The van der Waals surface area contributed by atoms with Crippen LogP contribution in [0.25, 0.3) is 0 Å². The Bertz CT molecular complexity index is 355. The van der Waals surface area contributed by atoms with Gasteiger partial charge in [0.25, 0.3) is 0 Å². The van der Waals surface area contributed by atoms with Gasteiger partial charge in [-0.1, -0.05) is 32.6 Å². The number of fused-ring (bicyclic) bond motifs is 3. The molecule has 1 heteroatoms. The molecule has 112 valence electrons. The van der Waals surface area contributed by atoms with Crippen molar-refractivity contribution in [1.82, 2.24) is 0 Å². The van der Waals surface area contributed by atoms with Crippen LogP contribution in [0.3, 0.4) is 0 Å². The van der Waals surface area contributed by atoms with Crippen LogP contribution in [0.4, 0.5) is 0 Å². The van der Waals surface area contributed by atoms with Crippen LogP contribution in [-0.4, -0.2) is 0 Å². The third-order valence-corrected chi connectivity index (χ3v) is 6.80. The average molecular weight is 273 g/mol. The van der Waals surface area contributed by atoms with Gasteiger partial charge in [0.15, 0.2) is 0 Å². The van der Waals surface area contributed by atoms with Gasteiger partial charge in [0.1, 0.15) is 0 Å². The van der Waals surface area contributed by atoms with E-state index in [0.29, 0.717) is 5.92 Å². The second-order valence-electron chi connectivity index (χ2n) is 7.89. The lowest BCUT2D eigenvalue weighted by molar-refractivity contribution is 0.00284. The summed E-state index contributed by atoms with van der Waals surface area (Å²) < 4.78 is 0. The van der Waals surface area contributed by atoms with E-state index < -0.39 is 0 Å². The highest BCUT2D eigenvalue weighted by Crippen LogP contribution is 2.53. The molecule has 0 radical (unpaired) electrons. The fraction of sp³-hybridized carbons (Fsp3) is 0.947. The molecule has 0 aromatic rings. The molecule has 3 saturated carbocycles. The predicted octanol–water partition coefficient (Wildman–Crippen LogP) is 5.56. The van der Waals surface area contributed by atoms with Crippen molar-refractivity contribution in [1.29, 1.82) is 5.26 Å². The highest BCUT2D eigenvalue weighted by molar-refractivity contribution is 4.98. The Labute approximate surface area is 125 Å². The summed E-state index contributed by atoms with van der Waals surface area (Å²) in [4.78, 5) is 0. The van der Waals surface area contributed by atoms with Crippen LogP contribution in [-0.2, 0) is 0 Å². The first-order valence-corrected chi connectivity index (χ1v) is 9.21. The summed E-state index contributed by atoms with van der Waals surface area (Å²) in [5.74, 6) is 5.40. The average Bonchev–Trinajstić information content (AvgIpc) is 2.51. The van der Waals surface area contributed by atoms with E-state index in [2.05, 4.69) is 13.0 Å². The van der Waals surface area contributed by atoms with Gasteiger partial charge in [-0.25, -0.2) is 0 Å². The summed E-state index contributed by atoms with van der Waals surface area (Å²) in [6.07, 6.45) is 15.6. The molecule has 6 unspecified atom stereocenters. The molecular weight excluding hydrogens is 242 g/mol. The second-order valence-corrected chi connectivity index (χ2v) is 7.89. The van der Waals surface area contributed by atoms with E-state index in [1.807, 2.05) is 0 Å². The molecule has 0 amide bonds. The Morgan fingerprint density at radius 3 is 2.30 bits per heavy atom. The molecular formula is C19H31N. The molecule has 3 aliphatic rings. The van der Waals surface area contributed by atoms with Gasteiger partial charge in [0.2, 0.25) is 0 Å². The lowest BCUT2D eigenvalue weighted by Crippen LogP contribution is -2.41. The SMILES string of the molecule is CCCCC1CCC2C(CCC3CC(C#N)CCC32)C1. The van der Waals surface area contributed by atoms with Gasteiger partial charge >= 0.3 is 0 Å². The zero-order chi connectivity index (χ0) is 13.9. The Hall–Kier alpha value is -0.510. The molecule has 0 aromatic heterocycles. The zero-order valence-electron chi connectivity index (χ0n) is 13.2. The summed E-state index contributed by atoms with van der Waals surface area (Å²) in [5.41, 5.74) is 0. The fourth-order valence-corrected chi connectivity index (χ4v) is 5.76. The van der Waals surface area contributed by atoms with Gasteiger partial charge in [0, 0.05) is 5.92 Å². The monoisotopic (exact) mass is 273 g/mol. The van der Waals surface area contributed by atoms with Crippen molar-refractivity contribution >= 4 is 0 Å². The van der Waals surface area contributed by atoms with Gasteiger partial charge in [-0.15, -0.1) is 0 Å². The number of unbranched alkanes of at least 4 members (excludes halogenated alkanes) is 1. The van der Waals surface area contributed by atoms with Crippen LogP contribution in [0.2, 0.25) is 0 Å². The molecule has 0 aromatic carbocycles. The minimum atomic E-state index is 0.383. The Kier molecular flexibility index (Phi) is 4.69. The summed E-state index contributed by atoms with van der Waals surface area (Å²) in [5, 5.41) is 9.18. The molecule has 3 fully saturated rings. The number of hydrogen-bond acceptors (Lipinski definition) is 1. The quantitative estimate of drug-likeness (QED) is 0.660. The number of nitrogens with zero attached hydrogens (tertiary/aromatic N) is 1. The van der Waals surface area contributed by atoms with Gasteiger partial charge < -0.3 is 0 Å². The molecule has 3 rings (SSSR count). The normalized spacial score (nSPS) is 44.2. The van der Waals surface area contributed by atoms with E-state index in [-0.39, 0.29) is 0 Å². The van der Waals surface area contributed by atoms with Crippen molar-refractivity contribution in [2.45, 2.75) is 77.6 Å². The molecule has 0 heterocycles. The van der Waals surface area contributed by atoms with E-state index in [4.69, 9.17) is 0 Å². The first-order valence-electron chi connectivity index (χ1n) is 9.21. The minimum absolute atomic E-state index is 0.383. The van der Waals surface area contributed by atoms with E-state index in [9.17, 15) is 5.26 Å². The lowest BCUT2D eigenvalue weighted by Gasteiger charge is -2.50. The van der Waals surface area contributed by atoms with Crippen LogP contribution < -0.4 is 0 Å². The van der Waals surface area contributed by atoms with Gasteiger partial charge in [0.05, 0.1) is 6.07 Å². The van der Waals surface area contributed by atoms with Crippen molar-refractivity contribution in [2.24, 2.45) is 35.5 Å². The van der Waals surface area contributed by atoms with E-state index >= 15 is 0 Å². The number of hydrogen-bond donors (Lipinski definition) is 0. The second kappa shape index (κ2) is 6.50. The van der Waals surface area contributed by atoms with Crippen molar-refractivity contribution in [3.63, 3.8) is 0 Å². The maximum absolute atomic E-state index is 9.18. The maximum atomic E-state index is 9.18. The van der Waals surface area contributed by atoms with Crippen LogP contribution >= 0.6 is 0 Å². The minimum Gasteiger partial charge on any atom is -0.198 e. The smallest absolute Gasteiger partial charge is 0.0655 e. The molecule has 0 bridgehead atoms. The van der Waals surface area contributed by atoms with Gasteiger partial charge in [-0.2, -0.15) is 5.26 Å². The summed E-state index contributed by atoms with van der Waals surface area (Å²) in [7, 11) is 0. The van der Waals surface area contributed by atoms with E-state index in [1.165, 1.54) is 70.6 Å². The van der Waals surface area contributed by atoms with Crippen LogP contribution in [0.15, 0.2) is 0 Å². The Balaban J connectivity index is 1.58. The van der Waals surface area contributed by atoms with Crippen molar-refractivity contribution < 1.29 is 0 Å². The third-order valence-electron chi connectivity index (χ3n) is 6.80. The van der Waals surface area contributed by atoms with Crippen molar-refractivity contribution in [2.75, 3.05) is 0 Å². The molecule has 20 heavy (non-hydrogen) atoms. The topological polar surface area (TPSA) is 23.8 Å². The molecule has 3 aliphatic carbocycles. The van der Waals surface area contributed by atoms with E-state index in [0.717, 1.165) is 29.6 Å². The van der Waals surface area contributed by atoms with Crippen LogP contribution in [0.1, 0.15) is 77.6 Å². The summed E-state index contributed by atoms with van der Waals surface area (Å²) >= 11 is 0. The molecule has 6 atom stereocenters. The number of rotatable bonds is 3. The standard InChI is InChI=1S/C19H31N/c1-2-3-4-14-5-9-18-16(11-14)7-8-17-12-15(13-20)6-10-19(17)18/h14-19H,2-12H2,1H3. The van der Waals surface area contributed by atoms with Crippen molar-refractivity contribution in [3.05, 3.63) is 0 Å². The molecule has 0 aliphatic heterocycles. The fourth-order valence-electron chi connectivity index (χ4n) is 5.76. The van der Waals surface area contributed by atoms with Crippen molar-refractivity contribution in [3.8, 4) is 6.07 Å². The Morgan fingerprint density at radius 1 is 0.900 bits per heavy atom. The zero-order valence-corrected chi connectivity index (χ0v) is 13.2. The van der Waals surface area contributed by atoms with Crippen LogP contribution in [0, 0.1) is 46.8 Å². The van der Waals surface area contributed by atoms with Gasteiger partial charge in [-0.05, 0) is 74.5 Å². The third kappa shape index (κ3) is 2.90. The maximum Gasteiger partial charge on any atom is 0.0655 e. The lowest BCUT2D eigenvalue weighted by atomic mass is 9.55. The molecule has 0 N–H and O–H groups in total.